The Kier molecular flexibility index (Phi) is 5.89. The number of Topliss-reactive ketones (excluding diaryl/α,β-unsaturated/α-hetero) is 1. The second-order valence-electron chi connectivity index (χ2n) is 6.95. The van der Waals surface area contributed by atoms with Crippen molar-refractivity contribution in [3.05, 3.63) is 96.6 Å². The second kappa shape index (κ2) is 9.09. The third-order valence-electron chi connectivity index (χ3n) is 4.68. The van der Waals surface area contributed by atoms with Gasteiger partial charge in [0.25, 0.3) is 5.91 Å². The van der Waals surface area contributed by atoms with E-state index in [0.717, 1.165) is 16.9 Å². The van der Waals surface area contributed by atoms with E-state index in [0.29, 0.717) is 17.1 Å². The van der Waals surface area contributed by atoms with Crippen LogP contribution in [0.3, 0.4) is 0 Å². The van der Waals surface area contributed by atoms with Crippen LogP contribution in [0.15, 0.2) is 91.0 Å². The minimum atomic E-state index is -0.313. The highest BCUT2D eigenvalue weighted by atomic mass is 16.5. The fourth-order valence-electron chi connectivity index (χ4n) is 3.10. The number of carbonyl (C=O) groups excluding carboxylic acids is 2. The van der Waals surface area contributed by atoms with E-state index in [2.05, 4.69) is 10.4 Å². The summed E-state index contributed by atoms with van der Waals surface area (Å²) in [6.45, 7) is 1.34. The van der Waals surface area contributed by atoms with Crippen LogP contribution in [-0.4, -0.2) is 28.1 Å². The van der Waals surface area contributed by atoms with E-state index in [4.69, 9.17) is 4.74 Å². The molecule has 0 saturated carbocycles. The number of para-hydroxylation sites is 1. The molecule has 0 aliphatic rings. The molecule has 0 spiro atoms. The van der Waals surface area contributed by atoms with Crippen molar-refractivity contribution < 1.29 is 14.3 Å². The van der Waals surface area contributed by atoms with Crippen LogP contribution >= 0.6 is 0 Å². The number of aromatic nitrogens is 2. The molecule has 0 bridgehead atoms. The van der Waals surface area contributed by atoms with Crippen molar-refractivity contribution in [2.75, 3.05) is 11.9 Å². The van der Waals surface area contributed by atoms with Crippen LogP contribution in [0, 0.1) is 0 Å². The molecule has 0 fully saturated rings. The molecule has 0 atom stereocenters. The lowest BCUT2D eigenvalue weighted by Gasteiger charge is -2.10. The number of rotatable bonds is 7. The van der Waals surface area contributed by atoms with Crippen molar-refractivity contribution in [3.63, 3.8) is 0 Å². The molecule has 1 heterocycles. The largest absolute Gasteiger partial charge is 0.484 e. The monoisotopic (exact) mass is 411 g/mol. The van der Waals surface area contributed by atoms with Gasteiger partial charge in [0.15, 0.2) is 12.4 Å². The van der Waals surface area contributed by atoms with E-state index in [1.807, 2.05) is 66.7 Å². The summed E-state index contributed by atoms with van der Waals surface area (Å²) < 4.78 is 7.26. The highest BCUT2D eigenvalue weighted by Gasteiger charge is 2.14. The van der Waals surface area contributed by atoms with Crippen LogP contribution in [0.2, 0.25) is 0 Å². The van der Waals surface area contributed by atoms with Gasteiger partial charge in [0.05, 0.1) is 11.4 Å². The van der Waals surface area contributed by atoms with Crippen LogP contribution in [-0.2, 0) is 4.79 Å². The zero-order valence-corrected chi connectivity index (χ0v) is 17.0. The quantitative estimate of drug-likeness (QED) is 0.445. The third-order valence-corrected chi connectivity index (χ3v) is 4.68. The summed E-state index contributed by atoms with van der Waals surface area (Å²) in [5.41, 5.74) is 3.13. The highest BCUT2D eigenvalue weighted by molar-refractivity contribution is 5.94. The van der Waals surface area contributed by atoms with Gasteiger partial charge in [-0.3, -0.25) is 9.59 Å². The molecule has 31 heavy (non-hydrogen) atoms. The third kappa shape index (κ3) is 4.87. The first-order valence-electron chi connectivity index (χ1n) is 9.85. The van der Waals surface area contributed by atoms with E-state index in [1.165, 1.54) is 6.92 Å². The summed E-state index contributed by atoms with van der Waals surface area (Å²) in [5, 5.41) is 7.56. The molecular formula is C25H21N3O3. The summed E-state index contributed by atoms with van der Waals surface area (Å²) in [4.78, 5) is 23.9. The SMILES string of the molecule is CC(=O)c1ccc(OCC(=O)Nc2cc(-c3ccccc3)nn2-c2ccccc2)cc1. The van der Waals surface area contributed by atoms with Gasteiger partial charge in [0.1, 0.15) is 11.6 Å². The van der Waals surface area contributed by atoms with E-state index in [9.17, 15) is 9.59 Å². The van der Waals surface area contributed by atoms with Crippen molar-refractivity contribution in [1.29, 1.82) is 0 Å². The molecule has 6 nitrogen and oxygen atoms in total. The zero-order valence-electron chi connectivity index (χ0n) is 17.0. The number of carbonyl (C=O) groups is 2. The van der Waals surface area contributed by atoms with E-state index in [-0.39, 0.29) is 18.3 Å². The van der Waals surface area contributed by atoms with Crippen LogP contribution in [0.25, 0.3) is 16.9 Å². The first-order chi connectivity index (χ1) is 15.1. The fourth-order valence-corrected chi connectivity index (χ4v) is 3.10. The van der Waals surface area contributed by atoms with Gasteiger partial charge in [-0.1, -0.05) is 48.5 Å². The molecular weight excluding hydrogens is 390 g/mol. The Morgan fingerprint density at radius 1 is 0.903 bits per heavy atom. The molecule has 0 aliphatic heterocycles. The molecule has 6 heteroatoms. The Labute approximate surface area is 180 Å². The van der Waals surface area contributed by atoms with Crippen molar-refractivity contribution in [3.8, 4) is 22.7 Å². The summed E-state index contributed by atoms with van der Waals surface area (Å²) in [6.07, 6.45) is 0. The molecule has 0 aliphatic carbocycles. The molecule has 1 amide bonds. The number of ether oxygens (including phenoxy) is 1. The normalized spacial score (nSPS) is 10.5. The second-order valence-corrected chi connectivity index (χ2v) is 6.95. The molecule has 1 aromatic heterocycles. The minimum absolute atomic E-state index is 0.0207. The standard InChI is InChI=1S/C25H21N3O3/c1-18(29)19-12-14-22(15-13-19)31-17-25(30)26-24-16-23(20-8-4-2-5-9-20)27-28(24)21-10-6-3-7-11-21/h2-16H,17H2,1H3,(H,26,30). The van der Waals surface area contributed by atoms with Gasteiger partial charge in [-0.05, 0) is 43.3 Å². The van der Waals surface area contributed by atoms with Gasteiger partial charge in [-0.2, -0.15) is 5.10 Å². The van der Waals surface area contributed by atoms with E-state index < -0.39 is 0 Å². The predicted octanol–water partition coefficient (Wildman–Crippen LogP) is 4.76. The Morgan fingerprint density at radius 2 is 1.55 bits per heavy atom. The van der Waals surface area contributed by atoms with Gasteiger partial charge in [-0.15, -0.1) is 0 Å². The molecule has 3 aromatic carbocycles. The smallest absolute Gasteiger partial charge is 0.263 e. The first-order valence-corrected chi connectivity index (χ1v) is 9.85. The van der Waals surface area contributed by atoms with Crippen molar-refractivity contribution in [2.45, 2.75) is 6.92 Å². The zero-order chi connectivity index (χ0) is 21.6. The highest BCUT2D eigenvalue weighted by Crippen LogP contribution is 2.24. The Hall–Kier alpha value is -4.19. The molecule has 1 N–H and O–H groups in total. The summed E-state index contributed by atoms with van der Waals surface area (Å²) in [6, 6.07) is 27.9. The number of anilines is 1. The maximum Gasteiger partial charge on any atom is 0.263 e. The van der Waals surface area contributed by atoms with Gasteiger partial charge >= 0.3 is 0 Å². The number of benzene rings is 3. The average molecular weight is 411 g/mol. The fraction of sp³-hybridized carbons (Fsp3) is 0.0800. The molecule has 0 unspecified atom stereocenters. The summed E-state index contributed by atoms with van der Waals surface area (Å²) >= 11 is 0. The van der Waals surface area contributed by atoms with Crippen LogP contribution in [0.5, 0.6) is 5.75 Å². The Morgan fingerprint density at radius 3 is 2.19 bits per heavy atom. The maximum absolute atomic E-state index is 12.6. The number of hydrogen-bond donors (Lipinski definition) is 1. The molecule has 4 rings (SSSR count). The van der Waals surface area contributed by atoms with Crippen LogP contribution in [0.4, 0.5) is 5.82 Å². The average Bonchev–Trinajstić information content (AvgIpc) is 3.23. The molecule has 0 saturated heterocycles. The summed E-state index contributed by atoms with van der Waals surface area (Å²) in [5.74, 6) is 0.729. The van der Waals surface area contributed by atoms with Crippen molar-refractivity contribution in [2.24, 2.45) is 0 Å². The predicted molar refractivity (Wildman–Crippen MR) is 120 cm³/mol. The number of ketones is 1. The maximum atomic E-state index is 12.6. The lowest BCUT2D eigenvalue weighted by Crippen LogP contribution is -2.21. The van der Waals surface area contributed by atoms with Crippen LogP contribution < -0.4 is 10.1 Å². The molecule has 154 valence electrons. The van der Waals surface area contributed by atoms with E-state index >= 15 is 0 Å². The lowest BCUT2D eigenvalue weighted by molar-refractivity contribution is -0.118. The van der Waals surface area contributed by atoms with Gasteiger partial charge in [0.2, 0.25) is 0 Å². The summed E-state index contributed by atoms with van der Waals surface area (Å²) in [7, 11) is 0. The van der Waals surface area contributed by atoms with Crippen molar-refractivity contribution in [1.82, 2.24) is 9.78 Å². The Balaban J connectivity index is 1.52. The van der Waals surface area contributed by atoms with Gasteiger partial charge in [-0.25, -0.2) is 4.68 Å². The number of nitrogens with zero attached hydrogens (tertiary/aromatic N) is 2. The molecule has 4 aromatic rings. The van der Waals surface area contributed by atoms with Gasteiger partial charge in [0, 0.05) is 17.2 Å². The van der Waals surface area contributed by atoms with E-state index in [1.54, 1.807) is 28.9 Å². The number of hydrogen-bond acceptors (Lipinski definition) is 4. The number of amides is 1. The van der Waals surface area contributed by atoms with Crippen LogP contribution in [0.1, 0.15) is 17.3 Å². The minimum Gasteiger partial charge on any atom is -0.484 e. The first kappa shape index (κ1) is 20.1. The van der Waals surface area contributed by atoms with Gasteiger partial charge < -0.3 is 10.1 Å². The van der Waals surface area contributed by atoms with Crippen molar-refractivity contribution >= 4 is 17.5 Å². The number of nitrogens with one attached hydrogen (secondary N) is 1. The Bertz CT molecular complexity index is 1180. The lowest BCUT2D eigenvalue weighted by atomic mass is 10.1. The molecule has 0 radical (unpaired) electrons. The topological polar surface area (TPSA) is 73.2 Å².